The minimum atomic E-state index is -3.74. The minimum Gasteiger partial charge on any atom is -0.398 e. The SMILES string of the molecule is CC1CCC(N(C)S(=O)(=O)c2cc(F)ccc2N)CC1. The van der Waals surface area contributed by atoms with Crippen LogP contribution in [0.4, 0.5) is 10.1 Å². The number of hydrogen-bond acceptors (Lipinski definition) is 3. The Kier molecular flexibility index (Phi) is 4.34. The molecule has 1 aromatic carbocycles. The van der Waals surface area contributed by atoms with Gasteiger partial charge in [0.15, 0.2) is 0 Å². The lowest BCUT2D eigenvalue weighted by atomic mass is 9.87. The molecular formula is C14H21FN2O2S. The molecule has 2 N–H and O–H groups in total. The maximum atomic E-state index is 13.3. The second-order valence-electron chi connectivity index (χ2n) is 5.62. The van der Waals surface area contributed by atoms with Gasteiger partial charge in [-0.25, -0.2) is 12.8 Å². The smallest absolute Gasteiger partial charge is 0.245 e. The maximum absolute atomic E-state index is 13.3. The summed E-state index contributed by atoms with van der Waals surface area (Å²) < 4.78 is 39.8. The molecule has 0 amide bonds. The Balaban J connectivity index is 2.27. The highest BCUT2D eigenvalue weighted by atomic mass is 32.2. The van der Waals surface area contributed by atoms with Crippen molar-refractivity contribution in [2.45, 2.75) is 43.5 Å². The lowest BCUT2D eigenvalue weighted by Crippen LogP contribution is -2.39. The fourth-order valence-electron chi connectivity index (χ4n) is 2.69. The van der Waals surface area contributed by atoms with Crippen LogP contribution >= 0.6 is 0 Å². The van der Waals surface area contributed by atoms with Gasteiger partial charge in [0.25, 0.3) is 0 Å². The summed E-state index contributed by atoms with van der Waals surface area (Å²) in [6, 6.07) is 3.42. The van der Waals surface area contributed by atoms with Crippen molar-refractivity contribution in [2.75, 3.05) is 12.8 Å². The zero-order valence-corrected chi connectivity index (χ0v) is 12.7. The molecule has 0 heterocycles. The van der Waals surface area contributed by atoms with Gasteiger partial charge in [0, 0.05) is 13.1 Å². The highest BCUT2D eigenvalue weighted by molar-refractivity contribution is 7.89. The quantitative estimate of drug-likeness (QED) is 0.873. The summed E-state index contributed by atoms with van der Waals surface area (Å²) in [5.74, 6) is 0.0463. The Labute approximate surface area is 119 Å². The predicted molar refractivity (Wildman–Crippen MR) is 77.2 cm³/mol. The molecule has 0 saturated heterocycles. The van der Waals surface area contributed by atoms with Crippen molar-refractivity contribution >= 4 is 15.7 Å². The lowest BCUT2D eigenvalue weighted by Gasteiger charge is -2.33. The van der Waals surface area contributed by atoms with Gasteiger partial charge in [0.2, 0.25) is 10.0 Å². The van der Waals surface area contributed by atoms with Crippen LogP contribution in [0.25, 0.3) is 0 Å². The Bertz CT molecular complexity index is 581. The van der Waals surface area contributed by atoms with Crippen molar-refractivity contribution in [2.24, 2.45) is 5.92 Å². The zero-order valence-electron chi connectivity index (χ0n) is 11.8. The molecule has 1 aliphatic rings. The highest BCUT2D eigenvalue weighted by Crippen LogP contribution is 2.31. The van der Waals surface area contributed by atoms with Gasteiger partial charge in [0.05, 0.1) is 5.69 Å². The number of benzene rings is 1. The van der Waals surface area contributed by atoms with E-state index in [9.17, 15) is 12.8 Å². The summed E-state index contributed by atoms with van der Waals surface area (Å²) >= 11 is 0. The number of nitrogen functional groups attached to an aromatic ring is 1. The van der Waals surface area contributed by atoms with Gasteiger partial charge >= 0.3 is 0 Å². The molecule has 2 rings (SSSR count). The molecule has 0 aromatic heterocycles. The van der Waals surface area contributed by atoms with Crippen LogP contribution in [0, 0.1) is 11.7 Å². The predicted octanol–water partition coefficient (Wildman–Crippen LogP) is 2.61. The van der Waals surface area contributed by atoms with Gasteiger partial charge in [0.1, 0.15) is 10.7 Å². The molecule has 6 heteroatoms. The number of nitrogens with zero attached hydrogens (tertiary/aromatic N) is 1. The molecule has 0 bridgehead atoms. The Morgan fingerprint density at radius 1 is 1.25 bits per heavy atom. The molecule has 0 spiro atoms. The summed E-state index contributed by atoms with van der Waals surface area (Å²) in [5.41, 5.74) is 5.78. The zero-order chi connectivity index (χ0) is 14.9. The molecule has 4 nitrogen and oxygen atoms in total. The Hall–Kier alpha value is -1.14. The van der Waals surface area contributed by atoms with Gasteiger partial charge in [-0.1, -0.05) is 6.92 Å². The van der Waals surface area contributed by atoms with Crippen LogP contribution in [0.2, 0.25) is 0 Å². The molecule has 0 aliphatic heterocycles. The van der Waals surface area contributed by atoms with Crippen molar-refractivity contribution in [3.63, 3.8) is 0 Å². The first-order valence-corrected chi connectivity index (χ1v) is 8.29. The van der Waals surface area contributed by atoms with Gasteiger partial charge in [-0.3, -0.25) is 0 Å². The van der Waals surface area contributed by atoms with Crippen LogP contribution in [0.3, 0.4) is 0 Å². The Morgan fingerprint density at radius 2 is 1.85 bits per heavy atom. The molecule has 0 radical (unpaired) electrons. The van der Waals surface area contributed by atoms with E-state index in [0.717, 1.165) is 37.8 Å². The third-order valence-electron chi connectivity index (χ3n) is 4.13. The van der Waals surface area contributed by atoms with E-state index in [-0.39, 0.29) is 16.6 Å². The molecule has 1 saturated carbocycles. The number of hydrogen-bond donors (Lipinski definition) is 1. The van der Waals surface area contributed by atoms with Crippen LogP contribution in [0.5, 0.6) is 0 Å². The van der Waals surface area contributed by atoms with E-state index in [1.165, 1.54) is 10.4 Å². The molecule has 112 valence electrons. The standard InChI is InChI=1S/C14H21FN2O2S/c1-10-3-6-12(7-4-10)17(2)20(18,19)14-9-11(15)5-8-13(14)16/h5,8-10,12H,3-4,6-7,16H2,1-2H3. The van der Waals surface area contributed by atoms with Crippen LogP contribution in [0.1, 0.15) is 32.6 Å². The average Bonchev–Trinajstić information content (AvgIpc) is 2.41. The van der Waals surface area contributed by atoms with Crippen molar-refractivity contribution in [1.29, 1.82) is 0 Å². The summed E-state index contributed by atoms with van der Waals surface area (Å²) in [7, 11) is -2.19. The van der Waals surface area contributed by atoms with Gasteiger partial charge in [-0.15, -0.1) is 0 Å². The van der Waals surface area contributed by atoms with E-state index in [4.69, 9.17) is 5.73 Å². The Morgan fingerprint density at radius 3 is 2.45 bits per heavy atom. The number of anilines is 1. The second kappa shape index (κ2) is 5.69. The fourth-order valence-corrected chi connectivity index (χ4v) is 4.23. The summed E-state index contributed by atoms with van der Waals surface area (Å²) in [4.78, 5) is -0.140. The van der Waals surface area contributed by atoms with Crippen LogP contribution in [0.15, 0.2) is 23.1 Å². The van der Waals surface area contributed by atoms with Crippen LogP contribution in [-0.4, -0.2) is 25.8 Å². The number of halogens is 1. The van der Waals surface area contributed by atoms with E-state index in [1.807, 2.05) is 0 Å². The van der Waals surface area contributed by atoms with E-state index < -0.39 is 15.8 Å². The second-order valence-corrected chi connectivity index (χ2v) is 7.58. The van der Waals surface area contributed by atoms with Crippen molar-refractivity contribution in [3.05, 3.63) is 24.0 Å². The highest BCUT2D eigenvalue weighted by Gasteiger charge is 2.31. The third-order valence-corrected chi connectivity index (χ3v) is 6.10. The number of rotatable bonds is 3. The largest absolute Gasteiger partial charge is 0.398 e. The maximum Gasteiger partial charge on any atom is 0.245 e. The molecular weight excluding hydrogens is 279 g/mol. The van der Waals surface area contributed by atoms with Crippen LogP contribution < -0.4 is 5.73 Å². The van der Waals surface area contributed by atoms with E-state index >= 15 is 0 Å². The van der Waals surface area contributed by atoms with E-state index in [2.05, 4.69) is 6.92 Å². The summed E-state index contributed by atoms with van der Waals surface area (Å²) in [5, 5.41) is 0. The molecule has 0 atom stereocenters. The number of sulfonamides is 1. The first-order valence-electron chi connectivity index (χ1n) is 6.85. The number of nitrogens with two attached hydrogens (primary N) is 1. The van der Waals surface area contributed by atoms with Crippen molar-refractivity contribution < 1.29 is 12.8 Å². The van der Waals surface area contributed by atoms with Gasteiger partial charge < -0.3 is 5.73 Å². The van der Waals surface area contributed by atoms with E-state index in [1.54, 1.807) is 7.05 Å². The lowest BCUT2D eigenvalue weighted by molar-refractivity contribution is 0.246. The molecule has 0 unspecified atom stereocenters. The molecule has 1 fully saturated rings. The molecule has 1 aromatic rings. The van der Waals surface area contributed by atoms with Crippen molar-refractivity contribution in [1.82, 2.24) is 4.31 Å². The van der Waals surface area contributed by atoms with Crippen molar-refractivity contribution in [3.8, 4) is 0 Å². The third kappa shape index (κ3) is 2.96. The minimum absolute atomic E-state index is 0.0288. The summed E-state index contributed by atoms with van der Waals surface area (Å²) in [6.45, 7) is 2.18. The fraction of sp³-hybridized carbons (Fsp3) is 0.571. The first kappa shape index (κ1) is 15.3. The molecule has 20 heavy (non-hydrogen) atoms. The summed E-state index contributed by atoms with van der Waals surface area (Å²) in [6.07, 6.45) is 3.71. The van der Waals surface area contributed by atoms with Gasteiger partial charge in [-0.05, 0) is 49.8 Å². The average molecular weight is 300 g/mol. The monoisotopic (exact) mass is 300 g/mol. The topological polar surface area (TPSA) is 63.4 Å². The first-order chi connectivity index (χ1) is 9.32. The van der Waals surface area contributed by atoms with E-state index in [0.29, 0.717) is 5.92 Å². The van der Waals surface area contributed by atoms with Crippen LogP contribution in [-0.2, 0) is 10.0 Å². The molecule has 1 aliphatic carbocycles. The normalized spacial score (nSPS) is 24.0. The van der Waals surface area contributed by atoms with Gasteiger partial charge in [-0.2, -0.15) is 4.31 Å².